The highest BCUT2D eigenvalue weighted by molar-refractivity contribution is 7.22. The zero-order chi connectivity index (χ0) is 26.6. The van der Waals surface area contributed by atoms with Crippen LogP contribution in [0.1, 0.15) is 27.0 Å². The molecule has 10 heteroatoms. The van der Waals surface area contributed by atoms with Crippen molar-refractivity contribution < 1.29 is 19.8 Å². The summed E-state index contributed by atoms with van der Waals surface area (Å²) in [5, 5.41) is 22.5. The summed E-state index contributed by atoms with van der Waals surface area (Å²) in [4.78, 5) is 38.3. The van der Waals surface area contributed by atoms with Crippen LogP contribution < -0.4 is 4.90 Å². The number of aromatic nitrogens is 2. The predicted molar refractivity (Wildman–Crippen MR) is 149 cm³/mol. The molecular formula is C28H18ClN3O4S2. The van der Waals surface area contributed by atoms with Gasteiger partial charge in [-0.1, -0.05) is 65.4 Å². The molecule has 38 heavy (non-hydrogen) atoms. The molecule has 0 saturated heterocycles. The van der Waals surface area contributed by atoms with Crippen molar-refractivity contribution in [1.29, 1.82) is 0 Å². The fourth-order valence-electron chi connectivity index (χ4n) is 4.43. The summed E-state index contributed by atoms with van der Waals surface area (Å²) in [7, 11) is 0. The van der Waals surface area contributed by atoms with Crippen LogP contribution in [-0.2, 0) is 4.79 Å². The minimum absolute atomic E-state index is 0.0335. The van der Waals surface area contributed by atoms with Gasteiger partial charge in [0.15, 0.2) is 10.9 Å². The second-order valence-corrected chi connectivity index (χ2v) is 11.1. The topological polar surface area (TPSA) is 104 Å². The van der Waals surface area contributed by atoms with E-state index in [1.807, 2.05) is 30.3 Å². The second-order valence-electron chi connectivity index (χ2n) is 8.67. The Labute approximate surface area is 229 Å². The van der Waals surface area contributed by atoms with Crippen LogP contribution in [0.3, 0.4) is 0 Å². The molecule has 0 spiro atoms. The number of Topliss-reactive ketones (excluding diaryl/α,β-unsaturated/α-hetero) is 1. The van der Waals surface area contributed by atoms with Gasteiger partial charge in [-0.3, -0.25) is 14.5 Å². The van der Waals surface area contributed by atoms with Gasteiger partial charge in [-0.05, 0) is 42.8 Å². The van der Waals surface area contributed by atoms with Gasteiger partial charge in [0.25, 0.3) is 5.91 Å². The Morgan fingerprint density at radius 3 is 2.45 bits per heavy atom. The van der Waals surface area contributed by atoms with Crippen LogP contribution in [0.25, 0.3) is 20.8 Å². The zero-order valence-corrected chi connectivity index (χ0v) is 22.1. The number of ketones is 1. The van der Waals surface area contributed by atoms with E-state index in [0.717, 1.165) is 10.3 Å². The zero-order valence-electron chi connectivity index (χ0n) is 19.8. The Morgan fingerprint density at radius 1 is 0.974 bits per heavy atom. The molecule has 0 fully saturated rings. The van der Waals surface area contributed by atoms with Crippen molar-refractivity contribution in [2.24, 2.45) is 0 Å². The Bertz CT molecular complexity index is 1760. The number of carbonyl (C=O) groups excluding carboxylic acids is 2. The lowest BCUT2D eigenvalue weighted by atomic mass is 9.95. The third kappa shape index (κ3) is 4.05. The Kier molecular flexibility index (Phi) is 5.98. The van der Waals surface area contributed by atoms with Crippen LogP contribution in [0.4, 0.5) is 5.13 Å². The van der Waals surface area contributed by atoms with E-state index in [1.54, 1.807) is 37.3 Å². The maximum absolute atomic E-state index is 14.0. The smallest absolute Gasteiger partial charge is 0.296 e. The molecule has 2 aromatic heterocycles. The van der Waals surface area contributed by atoms with Crippen molar-refractivity contribution in [3.05, 3.63) is 105 Å². The molecule has 0 bridgehead atoms. The summed E-state index contributed by atoms with van der Waals surface area (Å²) >= 11 is 8.59. The van der Waals surface area contributed by atoms with Crippen molar-refractivity contribution in [1.82, 2.24) is 9.97 Å². The number of amides is 1. The van der Waals surface area contributed by atoms with Gasteiger partial charge in [-0.25, -0.2) is 9.97 Å². The molecule has 7 nitrogen and oxygen atoms in total. The SMILES string of the molecule is Cc1nc(-c2ccccc2)sc1C(=O)C1=C(O)C(=O)N(c2nc3ccc(Cl)cc3s2)C1c1ccc(O)cc1. The molecule has 3 heterocycles. The third-order valence-corrected chi connectivity index (χ3v) is 8.69. The van der Waals surface area contributed by atoms with E-state index in [-0.39, 0.29) is 11.3 Å². The molecule has 0 saturated carbocycles. The number of thiazole rings is 2. The molecule has 3 aromatic carbocycles. The van der Waals surface area contributed by atoms with Crippen LogP contribution in [0.2, 0.25) is 5.02 Å². The predicted octanol–water partition coefficient (Wildman–Crippen LogP) is 6.87. The van der Waals surface area contributed by atoms with E-state index in [2.05, 4.69) is 9.97 Å². The number of hydrogen-bond donors (Lipinski definition) is 2. The fourth-order valence-corrected chi connectivity index (χ4v) is 6.72. The van der Waals surface area contributed by atoms with Gasteiger partial charge in [0.1, 0.15) is 10.8 Å². The first-order valence-corrected chi connectivity index (χ1v) is 13.5. The number of aromatic hydroxyl groups is 1. The van der Waals surface area contributed by atoms with Gasteiger partial charge in [0.2, 0.25) is 5.78 Å². The number of fused-ring (bicyclic) bond motifs is 1. The van der Waals surface area contributed by atoms with Crippen LogP contribution in [-0.4, -0.2) is 31.9 Å². The number of aliphatic hydroxyl groups excluding tert-OH is 1. The van der Waals surface area contributed by atoms with Gasteiger partial charge >= 0.3 is 0 Å². The number of anilines is 1. The molecular weight excluding hydrogens is 542 g/mol. The van der Waals surface area contributed by atoms with Crippen LogP contribution in [0.15, 0.2) is 84.1 Å². The number of hydrogen-bond acceptors (Lipinski definition) is 8. The first kappa shape index (κ1) is 24.3. The number of carbonyl (C=O) groups is 2. The number of halogens is 1. The highest BCUT2D eigenvalue weighted by atomic mass is 35.5. The highest BCUT2D eigenvalue weighted by Crippen LogP contribution is 2.45. The average molecular weight is 560 g/mol. The first-order valence-electron chi connectivity index (χ1n) is 11.5. The summed E-state index contributed by atoms with van der Waals surface area (Å²) in [5.74, 6) is -1.83. The number of nitrogens with zero attached hydrogens (tertiary/aromatic N) is 3. The molecule has 1 atom stereocenters. The molecule has 0 radical (unpaired) electrons. The Balaban J connectivity index is 1.48. The van der Waals surface area contributed by atoms with Crippen molar-refractivity contribution >= 4 is 61.3 Å². The first-order chi connectivity index (χ1) is 18.3. The van der Waals surface area contributed by atoms with E-state index in [0.29, 0.717) is 36.8 Å². The quantitative estimate of drug-likeness (QED) is 0.228. The summed E-state index contributed by atoms with van der Waals surface area (Å²) in [6, 6.07) is 19.9. The molecule has 2 N–H and O–H groups in total. The van der Waals surface area contributed by atoms with Crippen LogP contribution in [0.5, 0.6) is 5.75 Å². The second kappa shape index (κ2) is 9.36. The van der Waals surface area contributed by atoms with Crippen LogP contribution >= 0.6 is 34.3 Å². The van der Waals surface area contributed by atoms with E-state index in [4.69, 9.17) is 11.6 Å². The highest BCUT2D eigenvalue weighted by Gasteiger charge is 2.46. The lowest BCUT2D eigenvalue weighted by Gasteiger charge is -2.24. The number of phenolic OH excluding ortho intramolecular Hbond substituents is 1. The number of aryl methyl sites for hydroxylation is 1. The fraction of sp³-hybridized carbons (Fsp3) is 0.0714. The molecule has 1 amide bonds. The van der Waals surface area contributed by atoms with E-state index >= 15 is 0 Å². The standard InChI is InChI=1S/C28H18ClN3O4S2/c1-14-25(38-26(30-14)16-5-3-2-4-6-16)23(34)21-22(15-7-10-18(33)11-8-15)32(27(36)24(21)35)28-31-19-12-9-17(29)13-20(19)37-28/h2-13,22,33,35H,1H3. The average Bonchev–Trinajstić information content (AvgIpc) is 3.58. The molecule has 6 rings (SSSR count). The van der Waals surface area contributed by atoms with Gasteiger partial charge in [-0.15, -0.1) is 11.3 Å². The van der Waals surface area contributed by atoms with Gasteiger partial charge in [-0.2, -0.15) is 0 Å². The van der Waals surface area contributed by atoms with Gasteiger partial charge < -0.3 is 10.2 Å². The largest absolute Gasteiger partial charge is 0.508 e. The Hall–Kier alpha value is -4.05. The maximum atomic E-state index is 14.0. The van der Waals surface area contributed by atoms with E-state index in [9.17, 15) is 19.8 Å². The van der Waals surface area contributed by atoms with E-state index in [1.165, 1.54) is 39.7 Å². The summed E-state index contributed by atoms with van der Waals surface area (Å²) in [6.07, 6.45) is 0. The lowest BCUT2D eigenvalue weighted by Crippen LogP contribution is -2.30. The van der Waals surface area contributed by atoms with Gasteiger partial charge in [0, 0.05) is 10.6 Å². The number of aliphatic hydroxyl groups is 1. The van der Waals surface area contributed by atoms with Crippen molar-refractivity contribution in [2.45, 2.75) is 13.0 Å². The van der Waals surface area contributed by atoms with Crippen molar-refractivity contribution in [3.63, 3.8) is 0 Å². The minimum atomic E-state index is -0.965. The maximum Gasteiger partial charge on any atom is 0.296 e. The monoisotopic (exact) mass is 559 g/mol. The minimum Gasteiger partial charge on any atom is -0.508 e. The molecule has 1 aliphatic heterocycles. The van der Waals surface area contributed by atoms with E-state index < -0.39 is 23.5 Å². The summed E-state index contributed by atoms with van der Waals surface area (Å²) in [6.45, 7) is 1.73. The summed E-state index contributed by atoms with van der Waals surface area (Å²) < 4.78 is 0.759. The van der Waals surface area contributed by atoms with Gasteiger partial charge in [0.05, 0.1) is 32.4 Å². The Morgan fingerprint density at radius 2 is 1.71 bits per heavy atom. The number of rotatable bonds is 5. The van der Waals surface area contributed by atoms with Crippen molar-refractivity contribution in [2.75, 3.05) is 4.90 Å². The number of benzene rings is 3. The summed E-state index contributed by atoms with van der Waals surface area (Å²) in [5.41, 5.74) is 2.47. The molecule has 0 aliphatic carbocycles. The molecule has 5 aromatic rings. The third-order valence-electron chi connectivity index (χ3n) is 6.23. The van der Waals surface area contributed by atoms with Crippen molar-refractivity contribution in [3.8, 4) is 16.3 Å². The normalized spacial score (nSPS) is 15.6. The number of phenols is 1. The molecule has 1 aliphatic rings. The molecule has 1 unspecified atom stereocenters. The van der Waals surface area contributed by atoms with Crippen LogP contribution in [0, 0.1) is 6.92 Å². The molecule has 188 valence electrons. The lowest BCUT2D eigenvalue weighted by molar-refractivity contribution is -0.117.